The molecule has 1 rings (SSSR count). The van der Waals surface area contributed by atoms with Crippen molar-refractivity contribution >= 4 is 18.9 Å². The van der Waals surface area contributed by atoms with Crippen LogP contribution in [0.4, 0.5) is 0 Å². The summed E-state index contributed by atoms with van der Waals surface area (Å²) < 4.78 is 1.51. The molecule has 0 amide bonds. The van der Waals surface area contributed by atoms with Crippen molar-refractivity contribution in [3.05, 3.63) is 17.7 Å². The van der Waals surface area contributed by atoms with Gasteiger partial charge in [-0.2, -0.15) is 10.5 Å². The second kappa shape index (κ2) is 3.84. The summed E-state index contributed by atoms with van der Waals surface area (Å²) in [5.74, 6) is 0. The van der Waals surface area contributed by atoms with Crippen LogP contribution in [0, 0.1) is 22.7 Å². The molecule has 1 aromatic heterocycles. The van der Waals surface area contributed by atoms with E-state index in [-0.39, 0.29) is 24.6 Å². The predicted molar refractivity (Wildman–Crippen MR) is 39.8 cm³/mol. The SMILES string of the molecule is Cn1cnc(C#N)c1C#N.[LiH]. The minimum atomic E-state index is 0. The van der Waals surface area contributed by atoms with E-state index in [1.54, 1.807) is 7.05 Å². The van der Waals surface area contributed by atoms with Crippen molar-refractivity contribution in [3.8, 4) is 12.1 Å². The molecular formula is C6H5LiN4. The third-order valence-electron chi connectivity index (χ3n) is 1.15. The maximum atomic E-state index is 8.46. The Hall–Kier alpha value is -1.21. The van der Waals surface area contributed by atoms with Crippen LogP contribution in [0.25, 0.3) is 0 Å². The first-order valence-electron chi connectivity index (χ1n) is 2.61. The van der Waals surface area contributed by atoms with E-state index in [4.69, 9.17) is 10.5 Å². The number of nitriles is 2. The predicted octanol–water partition coefficient (Wildman–Crippen LogP) is -0.485. The molecule has 0 radical (unpaired) electrons. The number of hydrogen-bond donors (Lipinski definition) is 0. The molecule has 4 nitrogen and oxygen atoms in total. The van der Waals surface area contributed by atoms with Crippen molar-refractivity contribution in [1.82, 2.24) is 9.55 Å². The van der Waals surface area contributed by atoms with Gasteiger partial charge in [0.2, 0.25) is 0 Å². The molecule has 5 heteroatoms. The average Bonchev–Trinajstić information content (AvgIpc) is 2.30. The fourth-order valence-corrected chi connectivity index (χ4v) is 0.644. The topological polar surface area (TPSA) is 65.4 Å². The van der Waals surface area contributed by atoms with Gasteiger partial charge in [0.05, 0.1) is 6.33 Å². The Balaban J connectivity index is 0.000001000. The molecule has 1 aromatic rings. The number of rotatable bonds is 0. The van der Waals surface area contributed by atoms with Crippen LogP contribution in [0.3, 0.4) is 0 Å². The number of aromatic nitrogens is 2. The molecule has 0 aromatic carbocycles. The number of imidazole rings is 1. The molecule has 0 N–H and O–H groups in total. The molecule has 11 heavy (non-hydrogen) atoms. The monoisotopic (exact) mass is 140 g/mol. The van der Waals surface area contributed by atoms with E-state index in [0.717, 1.165) is 0 Å². The van der Waals surface area contributed by atoms with Gasteiger partial charge in [0, 0.05) is 7.05 Å². The van der Waals surface area contributed by atoms with Crippen molar-refractivity contribution in [3.63, 3.8) is 0 Å². The van der Waals surface area contributed by atoms with E-state index in [0.29, 0.717) is 5.69 Å². The third-order valence-corrected chi connectivity index (χ3v) is 1.15. The van der Waals surface area contributed by atoms with E-state index in [2.05, 4.69) is 4.98 Å². The van der Waals surface area contributed by atoms with Crippen molar-refractivity contribution < 1.29 is 0 Å². The third kappa shape index (κ3) is 1.62. The summed E-state index contributed by atoms with van der Waals surface area (Å²) in [4.78, 5) is 3.68. The van der Waals surface area contributed by atoms with Gasteiger partial charge in [0.15, 0.2) is 11.4 Å². The maximum absolute atomic E-state index is 8.46. The van der Waals surface area contributed by atoms with Gasteiger partial charge in [-0.1, -0.05) is 0 Å². The van der Waals surface area contributed by atoms with Gasteiger partial charge in [-0.05, 0) is 0 Å². The van der Waals surface area contributed by atoms with Crippen molar-refractivity contribution in [2.45, 2.75) is 0 Å². The summed E-state index contributed by atoms with van der Waals surface area (Å²) in [6, 6.07) is 3.69. The van der Waals surface area contributed by atoms with Crippen LogP contribution >= 0.6 is 0 Å². The van der Waals surface area contributed by atoms with E-state index in [1.165, 1.54) is 10.9 Å². The second-order valence-corrected chi connectivity index (χ2v) is 1.78. The molecule has 0 aliphatic carbocycles. The van der Waals surface area contributed by atoms with Gasteiger partial charge in [-0.3, -0.25) is 0 Å². The van der Waals surface area contributed by atoms with Crippen LogP contribution in [-0.2, 0) is 7.05 Å². The van der Waals surface area contributed by atoms with E-state index >= 15 is 0 Å². The van der Waals surface area contributed by atoms with Crippen molar-refractivity contribution in [2.75, 3.05) is 0 Å². The zero-order valence-corrected chi connectivity index (χ0v) is 5.37. The summed E-state index contributed by atoms with van der Waals surface area (Å²) in [6.07, 6.45) is 1.44. The molecular weight excluding hydrogens is 135 g/mol. The average molecular weight is 140 g/mol. The molecule has 0 spiro atoms. The van der Waals surface area contributed by atoms with Crippen molar-refractivity contribution in [1.29, 1.82) is 10.5 Å². The molecule has 0 bridgehead atoms. The minimum absolute atomic E-state index is 0. The molecule has 0 unspecified atom stereocenters. The Morgan fingerprint density at radius 1 is 1.45 bits per heavy atom. The van der Waals surface area contributed by atoms with Gasteiger partial charge in [-0.15, -0.1) is 0 Å². The summed E-state index contributed by atoms with van der Waals surface area (Å²) in [5.41, 5.74) is 0.493. The number of aryl methyl sites for hydroxylation is 1. The normalized spacial score (nSPS) is 7.55. The zero-order valence-electron chi connectivity index (χ0n) is 5.37. The fraction of sp³-hybridized carbons (Fsp3) is 0.167. The summed E-state index contributed by atoms with van der Waals surface area (Å²) in [7, 11) is 1.67. The molecule has 0 saturated carbocycles. The Bertz CT molecular complexity index is 327. The number of nitrogens with zero attached hydrogens (tertiary/aromatic N) is 4. The van der Waals surface area contributed by atoms with Crippen LogP contribution in [0.15, 0.2) is 6.33 Å². The van der Waals surface area contributed by atoms with Crippen molar-refractivity contribution in [2.24, 2.45) is 7.05 Å². The van der Waals surface area contributed by atoms with Crippen LogP contribution in [0.1, 0.15) is 11.4 Å². The molecule has 0 aliphatic rings. The Labute approximate surface area is 76.2 Å². The van der Waals surface area contributed by atoms with E-state index < -0.39 is 0 Å². The molecule has 0 aliphatic heterocycles. The Morgan fingerprint density at radius 2 is 2.09 bits per heavy atom. The van der Waals surface area contributed by atoms with E-state index in [9.17, 15) is 0 Å². The summed E-state index contributed by atoms with van der Waals surface area (Å²) >= 11 is 0. The van der Waals surface area contributed by atoms with E-state index in [1.807, 2.05) is 12.1 Å². The van der Waals surface area contributed by atoms with Gasteiger partial charge >= 0.3 is 18.9 Å². The fourth-order valence-electron chi connectivity index (χ4n) is 0.644. The first kappa shape index (κ1) is 9.79. The van der Waals surface area contributed by atoms with Gasteiger partial charge in [0.25, 0.3) is 0 Å². The van der Waals surface area contributed by atoms with Gasteiger partial charge in [0.1, 0.15) is 12.1 Å². The summed E-state index contributed by atoms with van der Waals surface area (Å²) in [6.45, 7) is 0. The van der Waals surface area contributed by atoms with Crippen LogP contribution in [-0.4, -0.2) is 28.4 Å². The van der Waals surface area contributed by atoms with Crippen LogP contribution in [0.2, 0.25) is 0 Å². The summed E-state index contributed by atoms with van der Waals surface area (Å²) in [5, 5.41) is 16.8. The van der Waals surface area contributed by atoms with Crippen LogP contribution in [0.5, 0.6) is 0 Å². The second-order valence-electron chi connectivity index (χ2n) is 1.78. The van der Waals surface area contributed by atoms with Gasteiger partial charge < -0.3 is 4.57 Å². The first-order chi connectivity index (χ1) is 4.79. The number of hydrogen-bond acceptors (Lipinski definition) is 3. The standard InChI is InChI=1S/C6H4N4.Li.H/c1-10-4-9-5(2-7)6(10)3-8;;/h4H,1H3;;. The Kier molecular flexibility index (Phi) is 3.41. The van der Waals surface area contributed by atoms with Crippen LogP contribution < -0.4 is 0 Å². The zero-order chi connectivity index (χ0) is 7.56. The van der Waals surface area contributed by atoms with Gasteiger partial charge in [-0.25, -0.2) is 4.98 Å². The molecule has 50 valence electrons. The quantitative estimate of drug-likeness (QED) is 0.457. The Morgan fingerprint density at radius 3 is 2.45 bits per heavy atom. The molecule has 1 heterocycles. The first-order valence-corrected chi connectivity index (χ1v) is 2.61. The molecule has 0 atom stereocenters. The molecule has 0 saturated heterocycles. The molecule has 0 fully saturated rings.